The lowest BCUT2D eigenvalue weighted by Crippen LogP contribution is -2.30. The maximum Gasteiger partial charge on any atom is 0.312 e. The van der Waals surface area contributed by atoms with Gasteiger partial charge in [-0.3, -0.25) is 14.9 Å². The second-order valence-electron chi connectivity index (χ2n) is 4.88. The molecule has 0 aliphatic heterocycles. The summed E-state index contributed by atoms with van der Waals surface area (Å²) in [5.74, 6) is -0.764. The number of amides is 1. The zero-order chi connectivity index (χ0) is 17.5. The van der Waals surface area contributed by atoms with Crippen LogP contribution in [0.3, 0.4) is 0 Å². The fraction of sp³-hybridized carbons (Fsp3) is 0.188. The Kier molecular flexibility index (Phi) is 6.08. The summed E-state index contributed by atoms with van der Waals surface area (Å²) in [4.78, 5) is 22.0. The van der Waals surface area contributed by atoms with Gasteiger partial charge in [-0.25, -0.2) is 4.39 Å². The van der Waals surface area contributed by atoms with Gasteiger partial charge in [0, 0.05) is 17.6 Å². The van der Waals surface area contributed by atoms with Crippen molar-refractivity contribution in [3.05, 3.63) is 69.0 Å². The third kappa shape index (κ3) is 5.20. The molecule has 0 unspecified atom stereocenters. The molecule has 1 N–H and O–H groups in total. The van der Waals surface area contributed by atoms with E-state index in [0.717, 1.165) is 11.6 Å². The number of halogens is 2. The number of hydrogen-bond acceptors (Lipinski definition) is 4. The lowest BCUT2D eigenvalue weighted by Gasteiger charge is -2.08. The summed E-state index contributed by atoms with van der Waals surface area (Å²) in [7, 11) is 0. The predicted octanol–water partition coefficient (Wildman–Crippen LogP) is 3.13. The van der Waals surface area contributed by atoms with Crippen molar-refractivity contribution in [2.24, 2.45) is 0 Å². The average molecular weight is 353 g/mol. The van der Waals surface area contributed by atoms with Gasteiger partial charge in [0.05, 0.1) is 4.92 Å². The molecular formula is C16H14ClFN2O4. The minimum absolute atomic E-state index is 0.0296. The van der Waals surface area contributed by atoms with Crippen LogP contribution < -0.4 is 10.1 Å². The molecule has 0 spiro atoms. The summed E-state index contributed by atoms with van der Waals surface area (Å²) < 4.78 is 17.9. The Labute approximate surface area is 142 Å². The lowest BCUT2D eigenvalue weighted by atomic mass is 10.1. The Hall–Kier alpha value is -2.67. The number of nitrogens with one attached hydrogen (secondary N) is 1. The van der Waals surface area contributed by atoms with Crippen molar-refractivity contribution < 1.29 is 18.8 Å². The summed E-state index contributed by atoms with van der Waals surface area (Å²) >= 11 is 5.70. The van der Waals surface area contributed by atoms with Gasteiger partial charge in [0.2, 0.25) is 0 Å². The summed E-state index contributed by atoms with van der Waals surface area (Å²) in [6.07, 6.45) is 0.535. The van der Waals surface area contributed by atoms with Crippen LogP contribution in [0.5, 0.6) is 5.75 Å². The van der Waals surface area contributed by atoms with Gasteiger partial charge < -0.3 is 10.1 Å². The SMILES string of the molecule is O=C(COc1ccc(Cl)cc1[N+](=O)[O-])NCCc1ccc(F)cc1. The van der Waals surface area contributed by atoms with E-state index >= 15 is 0 Å². The smallest absolute Gasteiger partial charge is 0.312 e. The summed E-state index contributed by atoms with van der Waals surface area (Å²) in [5, 5.41) is 13.7. The van der Waals surface area contributed by atoms with E-state index in [0.29, 0.717) is 13.0 Å². The zero-order valence-electron chi connectivity index (χ0n) is 12.5. The fourth-order valence-corrected chi connectivity index (χ4v) is 2.11. The first-order chi connectivity index (χ1) is 11.5. The van der Waals surface area contributed by atoms with Crippen LogP contribution in [0.1, 0.15) is 5.56 Å². The maximum atomic E-state index is 12.8. The number of ether oxygens (including phenoxy) is 1. The highest BCUT2D eigenvalue weighted by molar-refractivity contribution is 6.30. The van der Waals surface area contributed by atoms with Gasteiger partial charge >= 0.3 is 5.69 Å². The van der Waals surface area contributed by atoms with Crippen molar-refractivity contribution in [2.45, 2.75) is 6.42 Å². The molecule has 0 saturated carbocycles. The molecule has 6 nitrogen and oxygen atoms in total. The van der Waals surface area contributed by atoms with Gasteiger partial charge in [-0.15, -0.1) is 0 Å². The first kappa shape index (κ1) is 17.7. The van der Waals surface area contributed by atoms with E-state index in [1.165, 1.54) is 24.3 Å². The highest BCUT2D eigenvalue weighted by Gasteiger charge is 2.16. The number of rotatable bonds is 7. The van der Waals surface area contributed by atoms with E-state index < -0.39 is 10.8 Å². The van der Waals surface area contributed by atoms with Crippen molar-refractivity contribution in [1.29, 1.82) is 0 Å². The molecule has 0 saturated heterocycles. The van der Waals surface area contributed by atoms with Crippen LogP contribution in [0.2, 0.25) is 5.02 Å². The van der Waals surface area contributed by atoms with Crippen molar-refractivity contribution >= 4 is 23.2 Å². The molecule has 0 bridgehead atoms. The molecule has 0 aromatic heterocycles. The summed E-state index contributed by atoms with van der Waals surface area (Å²) in [5.41, 5.74) is 0.576. The monoisotopic (exact) mass is 352 g/mol. The van der Waals surface area contributed by atoms with Crippen LogP contribution in [0.25, 0.3) is 0 Å². The molecule has 2 rings (SSSR count). The molecule has 0 fully saturated rings. The first-order valence-corrected chi connectivity index (χ1v) is 7.41. The first-order valence-electron chi connectivity index (χ1n) is 7.03. The quantitative estimate of drug-likeness (QED) is 0.613. The van der Waals surface area contributed by atoms with Gasteiger partial charge in [-0.05, 0) is 36.2 Å². The number of carbonyl (C=O) groups is 1. The molecule has 126 valence electrons. The Morgan fingerprint density at radius 2 is 1.96 bits per heavy atom. The van der Waals surface area contributed by atoms with E-state index in [9.17, 15) is 19.3 Å². The fourth-order valence-electron chi connectivity index (χ4n) is 1.95. The van der Waals surface area contributed by atoms with Gasteiger partial charge in [0.25, 0.3) is 5.91 Å². The second-order valence-corrected chi connectivity index (χ2v) is 5.32. The molecular weight excluding hydrogens is 339 g/mol. The van der Waals surface area contributed by atoms with Crippen LogP contribution in [0, 0.1) is 15.9 Å². The Bertz CT molecular complexity index is 737. The standard InChI is InChI=1S/C16H14ClFN2O4/c17-12-3-6-15(14(9-12)20(22)23)24-10-16(21)19-8-7-11-1-4-13(18)5-2-11/h1-6,9H,7-8,10H2,(H,19,21). The van der Waals surface area contributed by atoms with Crippen molar-refractivity contribution in [1.82, 2.24) is 5.32 Å². The topological polar surface area (TPSA) is 81.5 Å². The van der Waals surface area contributed by atoms with Crippen LogP contribution >= 0.6 is 11.6 Å². The molecule has 8 heteroatoms. The molecule has 0 atom stereocenters. The van der Waals surface area contributed by atoms with Gasteiger partial charge in [-0.1, -0.05) is 23.7 Å². The van der Waals surface area contributed by atoms with Crippen LogP contribution in [0.4, 0.5) is 10.1 Å². The normalized spacial score (nSPS) is 10.2. The van der Waals surface area contributed by atoms with Crippen LogP contribution in [-0.2, 0) is 11.2 Å². The van der Waals surface area contributed by atoms with Crippen molar-refractivity contribution in [3.63, 3.8) is 0 Å². The Morgan fingerprint density at radius 3 is 2.62 bits per heavy atom. The number of nitro benzene ring substituents is 1. The van der Waals surface area contributed by atoms with E-state index in [4.69, 9.17) is 16.3 Å². The third-order valence-electron chi connectivity index (χ3n) is 3.13. The Balaban J connectivity index is 1.81. The van der Waals surface area contributed by atoms with Crippen LogP contribution in [-0.4, -0.2) is 24.0 Å². The van der Waals surface area contributed by atoms with Gasteiger partial charge in [0.15, 0.2) is 12.4 Å². The van der Waals surface area contributed by atoms with E-state index in [1.54, 1.807) is 12.1 Å². The molecule has 0 radical (unpaired) electrons. The zero-order valence-corrected chi connectivity index (χ0v) is 13.3. The summed E-state index contributed by atoms with van der Waals surface area (Å²) in [6.45, 7) is -0.0115. The average Bonchev–Trinajstić information content (AvgIpc) is 2.55. The predicted molar refractivity (Wildman–Crippen MR) is 86.7 cm³/mol. The third-order valence-corrected chi connectivity index (χ3v) is 3.36. The minimum Gasteiger partial charge on any atom is -0.477 e. The molecule has 1 amide bonds. The molecule has 2 aromatic rings. The lowest BCUT2D eigenvalue weighted by molar-refractivity contribution is -0.385. The number of benzene rings is 2. The maximum absolute atomic E-state index is 12.8. The van der Waals surface area contributed by atoms with E-state index in [-0.39, 0.29) is 28.9 Å². The van der Waals surface area contributed by atoms with E-state index in [2.05, 4.69) is 5.32 Å². The van der Waals surface area contributed by atoms with Crippen molar-refractivity contribution in [3.8, 4) is 5.75 Å². The second kappa shape index (κ2) is 8.26. The largest absolute Gasteiger partial charge is 0.477 e. The highest BCUT2D eigenvalue weighted by Crippen LogP contribution is 2.29. The summed E-state index contributed by atoms with van der Waals surface area (Å²) in [6, 6.07) is 9.90. The number of carbonyl (C=O) groups excluding carboxylic acids is 1. The van der Waals surface area contributed by atoms with Crippen LogP contribution in [0.15, 0.2) is 42.5 Å². The van der Waals surface area contributed by atoms with Crippen molar-refractivity contribution in [2.75, 3.05) is 13.2 Å². The van der Waals surface area contributed by atoms with E-state index in [1.807, 2.05) is 0 Å². The molecule has 0 aliphatic carbocycles. The molecule has 0 heterocycles. The number of hydrogen-bond donors (Lipinski definition) is 1. The Morgan fingerprint density at radius 1 is 1.25 bits per heavy atom. The van der Waals surface area contributed by atoms with Gasteiger partial charge in [0.1, 0.15) is 5.82 Å². The molecule has 0 aliphatic rings. The molecule has 2 aromatic carbocycles. The molecule has 24 heavy (non-hydrogen) atoms. The highest BCUT2D eigenvalue weighted by atomic mass is 35.5. The number of nitrogens with zero attached hydrogens (tertiary/aromatic N) is 1. The van der Waals surface area contributed by atoms with Gasteiger partial charge in [-0.2, -0.15) is 0 Å². The minimum atomic E-state index is -0.631. The number of nitro groups is 1.